The van der Waals surface area contributed by atoms with Crippen molar-refractivity contribution in [1.82, 2.24) is 9.88 Å². The third-order valence-electron chi connectivity index (χ3n) is 3.97. The fourth-order valence-electron chi connectivity index (χ4n) is 2.87. The van der Waals surface area contributed by atoms with Gasteiger partial charge >= 0.3 is 0 Å². The van der Waals surface area contributed by atoms with Gasteiger partial charge in [-0.15, -0.1) is 0 Å². The predicted octanol–water partition coefficient (Wildman–Crippen LogP) is 3.84. The molecule has 19 heavy (non-hydrogen) atoms. The van der Waals surface area contributed by atoms with E-state index in [0.29, 0.717) is 12.1 Å². The van der Waals surface area contributed by atoms with Gasteiger partial charge in [-0.3, -0.25) is 4.90 Å². The van der Waals surface area contributed by atoms with Gasteiger partial charge in [0.15, 0.2) is 0 Å². The summed E-state index contributed by atoms with van der Waals surface area (Å²) in [4.78, 5) is 7.14. The third-order valence-corrected chi connectivity index (χ3v) is 3.97. The Hall–Kier alpha value is -1.09. The summed E-state index contributed by atoms with van der Waals surface area (Å²) in [6, 6.07) is 5.56. The minimum absolute atomic E-state index is 0.567. The maximum atomic E-state index is 4.55. The van der Waals surface area contributed by atoms with Crippen molar-refractivity contribution in [2.24, 2.45) is 0 Å². The second-order valence-electron chi connectivity index (χ2n) is 5.75. The maximum absolute atomic E-state index is 4.55. The van der Waals surface area contributed by atoms with E-state index in [-0.39, 0.29) is 0 Å². The highest BCUT2D eigenvalue weighted by molar-refractivity contribution is 5.36. The first-order valence-corrected chi connectivity index (χ1v) is 7.68. The van der Waals surface area contributed by atoms with Crippen molar-refractivity contribution in [1.29, 1.82) is 0 Å². The molecule has 0 aliphatic carbocycles. The van der Waals surface area contributed by atoms with Gasteiger partial charge in [-0.05, 0) is 51.3 Å². The molecule has 1 fully saturated rings. The summed E-state index contributed by atoms with van der Waals surface area (Å²) in [6.07, 6.45) is 7.05. The van der Waals surface area contributed by atoms with Crippen LogP contribution in [0, 0.1) is 0 Å². The molecule has 1 aliphatic rings. The summed E-state index contributed by atoms with van der Waals surface area (Å²) in [5, 5.41) is 3.37. The number of unbranched alkanes of at least 4 members (excludes halogenated alkanes) is 1. The summed E-state index contributed by atoms with van der Waals surface area (Å²) in [7, 11) is 0. The molecular formula is C16H27N3. The lowest BCUT2D eigenvalue weighted by molar-refractivity contribution is 0.205. The molecule has 3 heteroatoms. The lowest BCUT2D eigenvalue weighted by Crippen LogP contribution is -2.30. The molecule has 0 aromatic carbocycles. The quantitative estimate of drug-likeness (QED) is 0.789. The average Bonchev–Trinajstić information content (AvgIpc) is 2.89. The number of nitrogens with one attached hydrogen (secondary N) is 1. The molecule has 1 atom stereocenters. The number of anilines is 1. The van der Waals surface area contributed by atoms with Crippen LogP contribution in [0.15, 0.2) is 18.3 Å². The Morgan fingerprint density at radius 3 is 2.89 bits per heavy atom. The molecule has 2 heterocycles. The van der Waals surface area contributed by atoms with Crippen LogP contribution in [0.5, 0.6) is 0 Å². The van der Waals surface area contributed by atoms with E-state index in [4.69, 9.17) is 0 Å². The highest BCUT2D eigenvalue weighted by Gasteiger charge is 2.27. The maximum Gasteiger partial charge on any atom is 0.125 e. The van der Waals surface area contributed by atoms with Gasteiger partial charge in [0, 0.05) is 24.8 Å². The Morgan fingerprint density at radius 2 is 2.26 bits per heavy atom. The molecule has 1 saturated heterocycles. The van der Waals surface area contributed by atoms with E-state index in [2.05, 4.69) is 54.3 Å². The molecule has 1 aromatic heterocycles. The van der Waals surface area contributed by atoms with Crippen LogP contribution in [-0.2, 0) is 0 Å². The van der Waals surface area contributed by atoms with Gasteiger partial charge in [0.25, 0.3) is 0 Å². The minimum atomic E-state index is 0.567. The normalized spacial score (nSPS) is 20.1. The van der Waals surface area contributed by atoms with Gasteiger partial charge in [-0.25, -0.2) is 4.98 Å². The van der Waals surface area contributed by atoms with Crippen LogP contribution >= 0.6 is 0 Å². The molecule has 1 aromatic rings. The van der Waals surface area contributed by atoms with Crippen molar-refractivity contribution in [3.8, 4) is 0 Å². The van der Waals surface area contributed by atoms with Crippen molar-refractivity contribution < 1.29 is 0 Å². The predicted molar refractivity (Wildman–Crippen MR) is 81.5 cm³/mol. The molecule has 0 radical (unpaired) electrons. The van der Waals surface area contributed by atoms with Gasteiger partial charge in [0.05, 0.1) is 0 Å². The first kappa shape index (κ1) is 14.3. The summed E-state index contributed by atoms with van der Waals surface area (Å²) < 4.78 is 0. The Kier molecular flexibility index (Phi) is 5.20. The van der Waals surface area contributed by atoms with Crippen LogP contribution in [0.25, 0.3) is 0 Å². The van der Waals surface area contributed by atoms with E-state index < -0.39 is 0 Å². The van der Waals surface area contributed by atoms with Crippen molar-refractivity contribution in [2.45, 2.75) is 58.5 Å². The molecule has 0 bridgehead atoms. The van der Waals surface area contributed by atoms with E-state index in [1.807, 2.05) is 0 Å². The van der Waals surface area contributed by atoms with Gasteiger partial charge in [-0.2, -0.15) is 0 Å². The summed E-state index contributed by atoms with van der Waals surface area (Å²) in [5.74, 6) is 1.01. The number of hydrogen-bond donors (Lipinski definition) is 1. The van der Waals surface area contributed by atoms with Crippen LogP contribution in [0.4, 0.5) is 5.82 Å². The van der Waals surface area contributed by atoms with Crippen LogP contribution < -0.4 is 5.32 Å². The fourth-order valence-corrected chi connectivity index (χ4v) is 2.87. The topological polar surface area (TPSA) is 28.2 Å². The lowest BCUT2D eigenvalue weighted by Gasteiger charge is -2.28. The number of nitrogens with zero attached hydrogens (tertiary/aromatic N) is 2. The van der Waals surface area contributed by atoms with Gasteiger partial charge in [0.2, 0.25) is 0 Å². The lowest BCUT2D eigenvalue weighted by atomic mass is 10.1. The van der Waals surface area contributed by atoms with E-state index >= 15 is 0 Å². The first-order chi connectivity index (χ1) is 9.22. The van der Waals surface area contributed by atoms with Crippen molar-refractivity contribution in [3.05, 3.63) is 23.9 Å². The van der Waals surface area contributed by atoms with Crippen molar-refractivity contribution >= 4 is 5.82 Å². The molecule has 0 unspecified atom stereocenters. The molecule has 0 saturated carbocycles. The minimum Gasteiger partial charge on any atom is -0.370 e. The zero-order valence-corrected chi connectivity index (χ0v) is 12.5. The van der Waals surface area contributed by atoms with Gasteiger partial charge < -0.3 is 5.32 Å². The number of aromatic nitrogens is 1. The SMILES string of the molecule is CCCCNc1ccc([C@@H]2CCCN2C(C)C)cn1. The van der Waals surface area contributed by atoms with Crippen molar-refractivity contribution in [2.75, 3.05) is 18.4 Å². The summed E-state index contributed by atoms with van der Waals surface area (Å²) in [6.45, 7) is 9.01. The fraction of sp³-hybridized carbons (Fsp3) is 0.688. The zero-order valence-electron chi connectivity index (χ0n) is 12.5. The Balaban J connectivity index is 1.97. The molecule has 2 rings (SSSR count). The van der Waals surface area contributed by atoms with Crippen LogP contribution in [0.1, 0.15) is 58.1 Å². The first-order valence-electron chi connectivity index (χ1n) is 7.68. The number of likely N-dealkylation sites (tertiary alicyclic amines) is 1. The highest BCUT2D eigenvalue weighted by Crippen LogP contribution is 2.33. The average molecular weight is 261 g/mol. The Morgan fingerprint density at radius 1 is 1.42 bits per heavy atom. The summed E-state index contributed by atoms with van der Waals surface area (Å²) in [5.41, 5.74) is 1.37. The van der Waals surface area contributed by atoms with E-state index in [0.717, 1.165) is 12.4 Å². The number of rotatable bonds is 6. The molecule has 1 aliphatic heterocycles. The largest absolute Gasteiger partial charge is 0.370 e. The van der Waals surface area contributed by atoms with Crippen LogP contribution in [0.3, 0.4) is 0 Å². The molecule has 3 nitrogen and oxygen atoms in total. The van der Waals surface area contributed by atoms with E-state index in [1.165, 1.54) is 37.8 Å². The Bertz CT molecular complexity index is 372. The monoisotopic (exact) mass is 261 g/mol. The molecule has 0 spiro atoms. The molecule has 106 valence electrons. The highest BCUT2D eigenvalue weighted by atomic mass is 15.2. The van der Waals surface area contributed by atoms with Crippen LogP contribution in [0.2, 0.25) is 0 Å². The number of pyridine rings is 1. The summed E-state index contributed by atoms with van der Waals surface area (Å²) >= 11 is 0. The van der Waals surface area contributed by atoms with Crippen LogP contribution in [-0.4, -0.2) is 29.0 Å². The second-order valence-corrected chi connectivity index (χ2v) is 5.75. The smallest absolute Gasteiger partial charge is 0.125 e. The molecule has 1 N–H and O–H groups in total. The second kappa shape index (κ2) is 6.90. The van der Waals surface area contributed by atoms with Crippen molar-refractivity contribution in [3.63, 3.8) is 0 Å². The Labute approximate surface area is 117 Å². The third kappa shape index (κ3) is 3.69. The van der Waals surface area contributed by atoms with E-state index in [1.54, 1.807) is 0 Å². The zero-order chi connectivity index (χ0) is 13.7. The van der Waals surface area contributed by atoms with Gasteiger partial charge in [-0.1, -0.05) is 19.4 Å². The molecular weight excluding hydrogens is 234 g/mol. The van der Waals surface area contributed by atoms with Gasteiger partial charge in [0.1, 0.15) is 5.82 Å². The standard InChI is InChI=1S/C16H27N3/c1-4-5-10-17-16-9-8-14(12-18-16)15-7-6-11-19(15)13(2)3/h8-9,12-13,15H,4-7,10-11H2,1-3H3,(H,17,18)/t15-/m0/s1. The van der Waals surface area contributed by atoms with E-state index in [9.17, 15) is 0 Å². The molecule has 0 amide bonds. The number of hydrogen-bond acceptors (Lipinski definition) is 3.